The second-order valence-corrected chi connectivity index (χ2v) is 8.90. The summed E-state index contributed by atoms with van der Waals surface area (Å²) in [5.74, 6) is 0.565. The van der Waals surface area contributed by atoms with Crippen molar-refractivity contribution in [2.45, 2.75) is 13.5 Å². The van der Waals surface area contributed by atoms with Gasteiger partial charge in [-0.3, -0.25) is 4.72 Å². The number of benzene rings is 2. The first-order valence-corrected chi connectivity index (χ1v) is 11.8. The zero-order chi connectivity index (χ0) is 21.6. The lowest BCUT2D eigenvalue weighted by molar-refractivity contribution is 0.372. The molecule has 7 nitrogen and oxygen atoms in total. The van der Waals surface area contributed by atoms with Gasteiger partial charge in [-0.2, -0.15) is 0 Å². The van der Waals surface area contributed by atoms with Gasteiger partial charge < -0.3 is 15.1 Å². The molecule has 0 aliphatic carbocycles. The van der Waals surface area contributed by atoms with E-state index in [-0.39, 0.29) is 5.82 Å². The van der Waals surface area contributed by atoms with Crippen LogP contribution in [-0.4, -0.2) is 58.3 Å². The summed E-state index contributed by atoms with van der Waals surface area (Å²) in [4.78, 5) is 9.15. The Morgan fingerprint density at radius 2 is 1.73 bits per heavy atom. The zero-order valence-electron chi connectivity index (χ0n) is 17.3. The average molecular weight is 434 g/mol. The highest BCUT2D eigenvalue weighted by Crippen LogP contribution is 2.19. The number of nitrogens with one attached hydrogen (secondary N) is 2. The molecule has 0 aromatic heterocycles. The normalized spacial score (nSPS) is 15.2. The van der Waals surface area contributed by atoms with Crippen LogP contribution in [-0.2, 0) is 16.6 Å². The Hall–Kier alpha value is -2.81. The quantitative estimate of drug-likeness (QED) is 0.541. The largest absolute Gasteiger partial charge is 0.368 e. The predicted octanol–water partition coefficient (Wildman–Crippen LogP) is 2.48. The van der Waals surface area contributed by atoms with Crippen molar-refractivity contribution in [1.82, 2.24) is 10.2 Å². The number of hydrogen-bond donors (Lipinski definition) is 2. The zero-order valence-corrected chi connectivity index (χ0v) is 18.1. The molecule has 0 radical (unpaired) electrons. The van der Waals surface area contributed by atoms with Crippen LogP contribution < -0.4 is 14.9 Å². The van der Waals surface area contributed by atoms with Crippen LogP contribution in [0.3, 0.4) is 0 Å². The van der Waals surface area contributed by atoms with Crippen molar-refractivity contribution in [3.8, 4) is 0 Å². The number of para-hydroxylation sites is 1. The van der Waals surface area contributed by atoms with Gasteiger partial charge in [0.2, 0.25) is 10.0 Å². The Morgan fingerprint density at radius 1 is 1.07 bits per heavy atom. The third kappa shape index (κ3) is 6.09. The Balaban J connectivity index is 1.68. The topological polar surface area (TPSA) is 77.0 Å². The molecule has 162 valence electrons. The Bertz CT molecular complexity index is 971. The Labute approximate surface area is 177 Å². The van der Waals surface area contributed by atoms with Crippen molar-refractivity contribution in [1.29, 1.82) is 0 Å². The van der Waals surface area contributed by atoms with Crippen molar-refractivity contribution in [3.05, 3.63) is 59.9 Å². The molecule has 1 aliphatic rings. The summed E-state index contributed by atoms with van der Waals surface area (Å²) < 4.78 is 38.9. The van der Waals surface area contributed by atoms with E-state index in [1.807, 2.05) is 19.1 Å². The van der Waals surface area contributed by atoms with Crippen LogP contribution in [0.5, 0.6) is 0 Å². The lowest BCUT2D eigenvalue weighted by atomic mass is 10.2. The van der Waals surface area contributed by atoms with Gasteiger partial charge in [-0.15, -0.1) is 0 Å². The van der Waals surface area contributed by atoms with Crippen molar-refractivity contribution < 1.29 is 12.8 Å². The number of hydrogen-bond acceptors (Lipinski definition) is 4. The van der Waals surface area contributed by atoms with Gasteiger partial charge in [-0.1, -0.05) is 18.2 Å². The fraction of sp³-hybridized carbons (Fsp3) is 0.381. The SMILES string of the molecule is CCNC(=NCc1ccccc1NS(C)(=O)=O)N1CCN(c2ccc(F)cc2)CC1. The molecular formula is C21H28FN5O2S. The molecule has 2 N–H and O–H groups in total. The number of sulfonamides is 1. The van der Waals surface area contributed by atoms with Gasteiger partial charge in [-0.25, -0.2) is 17.8 Å². The maximum Gasteiger partial charge on any atom is 0.229 e. The molecule has 30 heavy (non-hydrogen) atoms. The maximum atomic E-state index is 13.2. The van der Waals surface area contributed by atoms with Gasteiger partial charge in [0.15, 0.2) is 5.96 Å². The molecule has 1 fully saturated rings. The number of piperazine rings is 1. The monoisotopic (exact) mass is 433 g/mol. The van der Waals surface area contributed by atoms with E-state index >= 15 is 0 Å². The molecule has 0 atom stereocenters. The van der Waals surface area contributed by atoms with Crippen LogP contribution in [0.2, 0.25) is 0 Å². The maximum absolute atomic E-state index is 13.2. The Morgan fingerprint density at radius 3 is 2.37 bits per heavy atom. The molecule has 1 saturated heterocycles. The van der Waals surface area contributed by atoms with E-state index in [0.717, 1.165) is 56.2 Å². The molecule has 0 spiro atoms. The summed E-state index contributed by atoms with van der Waals surface area (Å²) >= 11 is 0. The second-order valence-electron chi connectivity index (χ2n) is 7.15. The summed E-state index contributed by atoms with van der Waals surface area (Å²) in [6.07, 6.45) is 1.14. The lowest BCUT2D eigenvalue weighted by Crippen LogP contribution is -2.52. The molecule has 1 heterocycles. The highest BCUT2D eigenvalue weighted by atomic mass is 32.2. The summed E-state index contributed by atoms with van der Waals surface area (Å²) in [5.41, 5.74) is 2.36. The van der Waals surface area contributed by atoms with E-state index in [1.165, 1.54) is 12.1 Å². The van der Waals surface area contributed by atoms with Gasteiger partial charge in [0.05, 0.1) is 18.5 Å². The average Bonchev–Trinajstić information content (AvgIpc) is 2.72. The molecule has 2 aromatic rings. The Kier molecular flexibility index (Phi) is 7.15. The van der Waals surface area contributed by atoms with Crippen LogP contribution in [0.25, 0.3) is 0 Å². The summed E-state index contributed by atoms with van der Waals surface area (Å²) in [6, 6.07) is 13.8. The molecule has 0 bridgehead atoms. The summed E-state index contributed by atoms with van der Waals surface area (Å²) in [6.45, 7) is 6.30. The summed E-state index contributed by atoms with van der Waals surface area (Å²) in [7, 11) is -3.36. The van der Waals surface area contributed by atoms with Crippen LogP contribution >= 0.6 is 0 Å². The number of guanidine groups is 1. The number of anilines is 2. The fourth-order valence-corrected chi connectivity index (χ4v) is 3.97. The van der Waals surface area contributed by atoms with E-state index < -0.39 is 10.0 Å². The molecule has 0 unspecified atom stereocenters. The first-order valence-electron chi connectivity index (χ1n) is 9.95. The third-order valence-electron chi connectivity index (χ3n) is 4.82. The number of nitrogens with zero attached hydrogens (tertiary/aromatic N) is 3. The molecule has 2 aromatic carbocycles. The van der Waals surface area contributed by atoms with Gasteiger partial charge in [-0.05, 0) is 42.8 Å². The first kappa shape index (κ1) is 21.9. The number of aliphatic imine (C=N–C) groups is 1. The minimum Gasteiger partial charge on any atom is -0.368 e. The summed E-state index contributed by atoms with van der Waals surface area (Å²) in [5, 5.41) is 3.32. The molecule has 3 rings (SSSR count). The van der Waals surface area contributed by atoms with Crippen molar-refractivity contribution in [3.63, 3.8) is 0 Å². The second kappa shape index (κ2) is 9.80. The van der Waals surface area contributed by atoms with Crippen molar-refractivity contribution in [2.75, 3.05) is 48.6 Å². The smallest absolute Gasteiger partial charge is 0.229 e. The standard InChI is InChI=1S/C21H28FN5O2S/c1-3-23-21(24-16-17-6-4-5-7-20(17)25-30(2,28)29)27-14-12-26(13-15-27)19-10-8-18(22)9-11-19/h4-11,25H,3,12-16H2,1-2H3,(H,23,24). The number of halogens is 1. The lowest BCUT2D eigenvalue weighted by Gasteiger charge is -2.37. The van der Waals surface area contributed by atoms with Crippen molar-refractivity contribution >= 4 is 27.4 Å². The van der Waals surface area contributed by atoms with Crippen LogP contribution in [0.1, 0.15) is 12.5 Å². The van der Waals surface area contributed by atoms with Gasteiger partial charge >= 0.3 is 0 Å². The van der Waals surface area contributed by atoms with Crippen LogP contribution in [0, 0.1) is 5.82 Å². The minimum absolute atomic E-state index is 0.232. The highest BCUT2D eigenvalue weighted by molar-refractivity contribution is 7.92. The highest BCUT2D eigenvalue weighted by Gasteiger charge is 2.20. The van der Waals surface area contributed by atoms with Crippen LogP contribution in [0.4, 0.5) is 15.8 Å². The van der Waals surface area contributed by atoms with Gasteiger partial charge in [0, 0.05) is 38.4 Å². The molecular weight excluding hydrogens is 405 g/mol. The predicted molar refractivity (Wildman–Crippen MR) is 120 cm³/mol. The van der Waals surface area contributed by atoms with E-state index in [0.29, 0.717) is 12.2 Å². The first-order chi connectivity index (χ1) is 14.4. The van der Waals surface area contributed by atoms with Gasteiger partial charge in [0.1, 0.15) is 5.82 Å². The number of rotatable bonds is 6. The third-order valence-corrected chi connectivity index (χ3v) is 5.41. The minimum atomic E-state index is -3.36. The molecule has 9 heteroatoms. The molecule has 0 saturated carbocycles. The van der Waals surface area contributed by atoms with E-state index in [1.54, 1.807) is 24.3 Å². The van der Waals surface area contributed by atoms with E-state index in [9.17, 15) is 12.8 Å². The van der Waals surface area contributed by atoms with E-state index in [2.05, 4.69) is 19.8 Å². The molecule has 1 aliphatic heterocycles. The van der Waals surface area contributed by atoms with Crippen molar-refractivity contribution in [2.24, 2.45) is 4.99 Å². The molecule has 0 amide bonds. The van der Waals surface area contributed by atoms with E-state index in [4.69, 9.17) is 4.99 Å². The fourth-order valence-electron chi connectivity index (χ4n) is 3.37. The van der Waals surface area contributed by atoms with Gasteiger partial charge in [0.25, 0.3) is 0 Å². The van der Waals surface area contributed by atoms with Crippen LogP contribution in [0.15, 0.2) is 53.5 Å².